The second kappa shape index (κ2) is 6.02. The molecule has 6 nitrogen and oxygen atoms in total. The van der Waals surface area contributed by atoms with E-state index in [1.54, 1.807) is 6.20 Å². The molecule has 2 saturated heterocycles. The third-order valence-electron chi connectivity index (χ3n) is 5.36. The van der Waals surface area contributed by atoms with Crippen LogP contribution in [0.5, 0.6) is 0 Å². The molecule has 24 heavy (non-hydrogen) atoms. The molecular weight excluding hydrogens is 302 g/mol. The molecule has 0 aliphatic carbocycles. The molecule has 0 saturated carbocycles. The fourth-order valence-electron chi connectivity index (χ4n) is 4.01. The molecular formula is C18H23N5O. The summed E-state index contributed by atoms with van der Waals surface area (Å²) >= 11 is 0. The summed E-state index contributed by atoms with van der Waals surface area (Å²) < 4.78 is 1.84. The van der Waals surface area contributed by atoms with E-state index in [4.69, 9.17) is 0 Å². The van der Waals surface area contributed by atoms with Crippen molar-refractivity contribution in [3.8, 4) is 0 Å². The van der Waals surface area contributed by atoms with Crippen LogP contribution >= 0.6 is 0 Å². The van der Waals surface area contributed by atoms with Gasteiger partial charge in [-0.2, -0.15) is 5.10 Å². The van der Waals surface area contributed by atoms with Crippen molar-refractivity contribution < 1.29 is 4.79 Å². The van der Waals surface area contributed by atoms with Gasteiger partial charge in [-0.3, -0.25) is 19.4 Å². The number of likely N-dealkylation sites (tertiary alicyclic amines) is 1. The molecule has 2 aliphatic heterocycles. The van der Waals surface area contributed by atoms with E-state index < -0.39 is 0 Å². The molecule has 2 aromatic rings. The second-order valence-corrected chi connectivity index (χ2v) is 7.11. The van der Waals surface area contributed by atoms with Gasteiger partial charge in [0.1, 0.15) is 0 Å². The van der Waals surface area contributed by atoms with Gasteiger partial charge >= 0.3 is 0 Å². The summed E-state index contributed by atoms with van der Waals surface area (Å²) in [5.74, 6) is 0.104. The topological polar surface area (TPSA) is 63.1 Å². The predicted molar refractivity (Wildman–Crippen MR) is 90.2 cm³/mol. The van der Waals surface area contributed by atoms with Crippen molar-refractivity contribution in [1.82, 2.24) is 25.0 Å². The van der Waals surface area contributed by atoms with Crippen molar-refractivity contribution in [2.45, 2.75) is 37.3 Å². The third-order valence-corrected chi connectivity index (χ3v) is 5.36. The minimum Gasteiger partial charge on any atom is -0.350 e. The quantitative estimate of drug-likeness (QED) is 0.928. The Morgan fingerprint density at radius 1 is 1.33 bits per heavy atom. The predicted octanol–water partition coefficient (Wildman–Crippen LogP) is 1.45. The average Bonchev–Trinajstić information content (AvgIpc) is 3.14. The van der Waals surface area contributed by atoms with Crippen LogP contribution < -0.4 is 5.32 Å². The minimum atomic E-state index is -0.0522. The van der Waals surface area contributed by atoms with E-state index in [9.17, 15) is 4.79 Å². The average molecular weight is 325 g/mol. The summed E-state index contributed by atoms with van der Waals surface area (Å²) in [5, 5.41) is 7.53. The largest absolute Gasteiger partial charge is 0.350 e. The highest BCUT2D eigenvalue weighted by Crippen LogP contribution is 2.39. The first-order chi connectivity index (χ1) is 11.6. The highest BCUT2D eigenvalue weighted by atomic mass is 16.2. The Kier molecular flexibility index (Phi) is 3.84. The van der Waals surface area contributed by atoms with Gasteiger partial charge in [0.05, 0.1) is 12.1 Å². The Morgan fingerprint density at radius 3 is 2.83 bits per heavy atom. The number of nitrogens with one attached hydrogen (secondary N) is 1. The molecule has 1 atom stereocenters. The van der Waals surface area contributed by atoms with Gasteiger partial charge in [-0.1, -0.05) is 6.07 Å². The lowest BCUT2D eigenvalue weighted by Crippen LogP contribution is -2.50. The number of piperidine rings is 1. The SMILES string of the molecule is Cn1cc(CN2CCC3(CC2)C[C@@H](c2cccnc2)C(=O)N3)cn1. The molecule has 1 amide bonds. The standard InChI is InChI=1S/C18H23N5O/c1-22-12-14(10-20-22)13-23-7-4-18(5-8-23)9-16(17(24)21-18)15-3-2-6-19-11-15/h2-3,6,10-12,16H,4-5,7-9,13H2,1H3,(H,21,24)/t16-/m0/s1. The van der Waals surface area contributed by atoms with Crippen LogP contribution in [0.15, 0.2) is 36.9 Å². The zero-order valence-electron chi connectivity index (χ0n) is 14.0. The molecule has 2 aliphatic rings. The van der Waals surface area contributed by atoms with Crippen molar-refractivity contribution in [2.24, 2.45) is 7.05 Å². The molecule has 0 unspecified atom stereocenters. The van der Waals surface area contributed by atoms with E-state index in [-0.39, 0.29) is 17.4 Å². The first-order valence-corrected chi connectivity index (χ1v) is 8.55. The first-order valence-electron chi connectivity index (χ1n) is 8.55. The van der Waals surface area contributed by atoms with Crippen molar-refractivity contribution in [1.29, 1.82) is 0 Å². The van der Waals surface area contributed by atoms with Gasteiger partial charge in [-0.15, -0.1) is 0 Å². The molecule has 0 bridgehead atoms. The molecule has 2 fully saturated rings. The van der Waals surface area contributed by atoms with Gasteiger partial charge in [0.15, 0.2) is 0 Å². The molecule has 1 N–H and O–H groups in total. The van der Waals surface area contributed by atoms with Crippen LogP contribution in [0.4, 0.5) is 0 Å². The number of amides is 1. The van der Waals surface area contributed by atoms with Crippen LogP contribution in [0, 0.1) is 0 Å². The summed E-state index contributed by atoms with van der Waals surface area (Å²) in [6.45, 7) is 2.95. The van der Waals surface area contributed by atoms with E-state index in [1.807, 2.05) is 36.3 Å². The summed E-state index contributed by atoms with van der Waals surface area (Å²) in [4.78, 5) is 19.1. The van der Waals surface area contributed by atoms with Crippen molar-refractivity contribution in [3.05, 3.63) is 48.0 Å². The van der Waals surface area contributed by atoms with Crippen LogP contribution in [0.2, 0.25) is 0 Å². The summed E-state index contributed by atoms with van der Waals surface area (Å²) in [6.07, 6.45) is 10.5. The van der Waals surface area contributed by atoms with Crippen LogP contribution in [-0.4, -0.2) is 44.2 Å². The van der Waals surface area contributed by atoms with Crippen LogP contribution in [-0.2, 0) is 18.4 Å². The van der Waals surface area contributed by atoms with Crippen LogP contribution in [0.1, 0.15) is 36.3 Å². The summed E-state index contributed by atoms with van der Waals surface area (Å²) in [5.41, 5.74) is 2.24. The number of aryl methyl sites for hydroxylation is 1. The van der Waals surface area contributed by atoms with Gasteiger partial charge in [0, 0.05) is 56.4 Å². The lowest BCUT2D eigenvalue weighted by Gasteiger charge is -2.39. The Bertz CT molecular complexity index is 718. The zero-order chi connectivity index (χ0) is 16.6. The number of carbonyl (C=O) groups is 1. The molecule has 0 radical (unpaired) electrons. The molecule has 2 aromatic heterocycles. The second-order valence-electron chi connectivity index (χ2n) is 7.11. The summed E-state index contributed by atoms with van der Waals surface area (Å²) in [7, 11) is 1.95. The number of pyridine rings is 1. The summed E-state index contributed by atoms with van der Waals surface area (Å²) in [6, 6.07) is 3.91. The van der Waals surface area contributed by atoms with E-state index in [0.29, 0.717) is 0 Å². The number of carbonyl (C=O) groups excluding carboxylic acids is 1. The smallest absolute Gasteiger partial charge is 0.228 e. The Labute approximate surface area is 141 Å². The van der Waals surface area contributed by atoms with Crippen molar-refractivity contribution in [2.75, 3.05) is 13.1 Å². The van der Waals surface area contributed by atoms with E-state index in [0.717, 1.165) is 44.5 Å². The molecule has 6 heteroatoms. The lowest BCUT2D eigenvalue weighted by atomic mass is 9.82. The fourth-order valence-corrected chi connectivity index (χ4v) is 4.01. The lowest BCUT2D eigenvalue weighted by molar-refractivity contribution is -0.121. The molecule has 0 aromatic carbocycles. The van der Waals surface area contributed by atoms with E-state index in [1.165, 1.54) is 5.56 Å². The highest BCUT2D eigenvalue weighted by Gasteiger charge is 2.46. The van der Waals surface area contributed by atoms with Crippen molar-refractivity contribution in [3.63, 3.8) is 0 Å². The highest BCUT2D eigenvalue weighted by molar-refractivity contribution is 5.87. The Morgan fingerprint density at radius 2 is 2.17 bits per heavy atom. The van der Waals surface area contributed by atoms with Gasteiger partial charge in [-0.05, 0) is 30.9 Å². The zero-order valence-corrected chi connectivity index (χ0v) is 14.0. The van der Waals surface area contributed by atoms with Gasteiger partial charge in [-0.25, -0.2) is 0 Å². The van der Waals surface area contributed by atoms with Gasteiger partial charge in [0.25, 0.3) is 0 Å². The van der Waals surface area contributed by atoms with Gasteiger partial charge < -0.3 is 5.32 Å². The number of nitrogens with zero attached hydrogens (tertiary/aromatic N) is 4. The Balaban J connectivity index is 1.39. The molecule has 1 spiro atoms. The third kappa shape index (κ3) is 2.94. The number of rotatable bonds is 3. The number of hydrogen-bond donors (Lipinski definition) is 1. The van der Waals surface area contributed by atoms with Crippen LogP contribution in [0.25, 0.3) is 0 Å². The van der Waals surface area contributed by atoms with E-state index in [2.05, 4.69) is 26.5 Å². The number of hydrogen-bond acceptors (Lipinski definition) is 4. The van der Waals surface area contributed by atoms with Gasteiger partial charge in [0.2, 0.25) is 5.91 Å². The van der Waals surface area contributed by atoms with Crippen molar-refractivity contribution >= 4 is 5.91 Å². The fraction of sp³-hybridized carbons (Fsp3) is 0.500. The monoisotopic (exact) mass is 325 g/mol. The first kappa shape index (κ1) is 15.3. The molecule has 4 heterocycles. The molecule has 126 valence electrons. The molecule has 4 rings (SSSR count). The van der Waals surface area contributed by atoms with E-state index >= 15 is 0 Å². The maximum atomic E-state index is 12.5. The maximum absolute atomic E-state index is 12.5. The maximum Gasteiger partial charge on any atom is 0.228 e. The number of aromatic nitrogens is 3. The minimum absolute atomic E-state index is 0.0387. The normalized spacial score (nSPS) is 23.5. The van der Waals surface area contributed by atoms with Crippen LogP contribution in [0.3, 0.4) is 0 Å². The Hall–Kier alpha value is -2.21.